The van der Waals surface area contributed by atoms with Crippen molar-refractivity contribution in [2.24, 2.45) is 5.92 Å². The molecule has 1 aliphatic carbocycles. The molecule has 0 bridgehead atoms. The van der Waals surface area contributed by atoms with Crippen molar-refractivity contribution in [3.8, 4) is 5.75 Å². The highest BCUT2D eigenvalue weighted by atomic mass is 16.5. The van der Waals surface area contributed by atoms with Gasteiger partial charge in [-0.3, -0.25) is 4.79 Å². The number of benzene rings is 1. The summed E-state index contributed by atoms with van der Waals surface area (Å²) in [6, 6.07) is 7.65. The van der Waals surface area contributed by atoms with Crippen LogP contribution in [0.4, 0.5) is 0 Å². The topological polar surface area (TPSA) is 38.3 Å². The lowest BCUT2D eigenvalue weighted by molar-refractivity contribution is 0.0899. The van der Waals surface area contributed by atoms with Gasteiger partial charge in [-0.15, -0.1) is 0 Å². The van der Waals surface area contributed by atoms with Crippen LogP contribution in [0, 0.1) is 5.92 Å². The third-order valence-electron chi connectivity index (χ3n) is 3.61. The molecule has 1 aromatic carbocycles. The van der Waals surface area contributed by atoms with E-state index in [0.717, 1.165) is 50.1 Å². The molecule has 18 heavy (non-hydrogen) atoms. The summed E-state index contributed by atoms with van der Waals surface area (Å²) in [5.74, 6) is 1.23. The van der Waals surface area contributed by atoms with E-state index in [1.165, 1.54) is 0 Å². The molecule has 1 saturated heterocycles. The highest BCUT2D eigenvalue weighted by Crippen LogP contribution is 2.28. The van der Waals surface area contributed by atoms with Crippen LogP contribution in [0.2, 0.25) is 0 Å². The molecule has 1 atom stereocenters. The normalized spacial score (nSPS) is 23.7. The predicted octanol–water partition coefficient (Wildman–Crippen LogP) is 2.41. The van der Waals surface area contributed by atoms with Gasteiger partial charge >= 0.3 is 0 Å². The van der Waals surface area contributed by atoms with E-state index in [2.05, 4.69) is 5.32 Å². The standard InChI is InChI=1S/C15H19NO2/c17-15(12-4-2-8-16-10-12)11-3-1-5-14(9-11)18-13-6-7-13/h1,3,5,9,12-13,16H,2,4,6-8,10H2. The number of nitrogens with one attached hydrogen (secondary N) is 1. The maximum Gasteiger partial charge on any atom is 0.167 e. The van der Waals surface area contributed by atoms with Crippen molar-refractivity contribution in [1.29, 1.82) is 0 Å². The van der Waals surface area contributed by atoms with Crippen molar-refractivity contribution in [2.75, 3.05) is 13.1 Å². The number of ether oxygens (including phenoxy) is 1. The van der Waals surface area contributed by atoms with Gasteiger partial charge in [0.1, 0.15) is 5.75 Å². The monoisotopic (exact) mass is 245 g/mol. The first-order chi connectivity index (χ1) is 8.83. The Morgan fingerprint density at radius 1 is 1.28 bits per heavy atom. The number of carbonyl (C=O) groups is 1. The molecular formula is C15H19NO2. The molecule has 1 N–H and O–H groups in total. The minimum absolute atomic E-state index is 0.134. The predicted molar refractivity (Wildman–Crippen MR) is 70.0 cm³/mol. The SMILES string of the molecule is O=C(c1cccc(OC2CC2)c1)C1CCCNC1. The quantitative estimate of drug-likeness (QED) is 0.828. The molecule has 1 aliphatic heterocycles. The number of piperidine rings is 1. The Balaban J connectivity index is 1.71. The lowest BCUT2D eigenvalue weighted by Crippen LogP contribution is -2.34. The van der Waals surface area contributed by atoms with Gasteiger partial charge in [-0.25, -0.2) is 0 Å². The summed E-state index contributed by atoms with van der Waals surface area (Å²) in [4.78, 5) is 12.4. The molecule has 3 rings (SSSR count). The lowest BCUT2D eigenvalue weighted by atomic mass is 9.91. The zero-order valence-corrected chi connectivity index (χ0v) is 10.5. The lowest BCUT2D eigenvalue weighted by Gasteiger charge is -2.21. The molecular weight excluding hydrogens is 226 g/mol. The summed E-state index contributed by atoms with van der Waals surface area (Å²) in [6.07, 6.45) is 4.76. The number of ketones is 1. The first-order valence-corrected chi connectivity index (χ1v) is 6.84. The fourth-order valence-electron chi connectivity index (χ4n) is 2.41. The molecule has 1 saturated carbocycles. The molecule has 2 fully saturated rings. The Morgan fingerprint density at radius 3 is 2.89 bits per heavy atom. The maximum atomic E-state index is 12.4. The number of hydrogen-bond acceptors (Lipinski definition) is 3. The van der Waals surface area contributed by atoms with Gasteiger partial charge in [0.05, 0.1) is 6.10 Å². The third-order valence-corrected chi connectivity index (χ3v) is 3.61. The summed E-state index contributed by atoms with van der Waals surface area (Å²) >= 11 is 0. The molecule has 0 amide bonds. The summed E-state index contributed by atoms with van der Waals surface area (Å²) in [5.41, 5.74) is 0.793. The number of carbonyl (C=O) groups excluding carboxylic acids is 1. The first kappa shape index (κ1) is 11.7. The summed E-state index contributed by atoms with van der Waals surface area (Å²) in [5, 5.41) is 3.29. The van der Waals surface area contributed by atoms with Gasteiger partial charge in [-0.05, 0) is 44.4 Å². The van der Waals surface area contributed by atoms with Gasteiger partial charge in [-0.1, -0.05) is 12.1 Å². The highest BCUT2D eigenvalue weighted by Gasteiger charge is 2.25. The average Bonchev–Trinajstić information content (AvgIpc) is 3.23. The van der Waals surface area contributed by atoms with Crippen molar-refractivity contribution in [3.05, 3.63) is 29.8 Å². The maximum absolute atomic E-state index is 12.4. The first-order valence-electron chi connectivity index (χ1n) is 6.84. The largest absolute Gasteiger partial charge is 0.490 e. The second-order valence-corrected chi connectivity index (χ2v) is 5.25. The Kier molecular flexibility index (Phi) is 3.33. The Morgan fingerprint density at radius 2 is 2.17 bits per heavy atom. The van der Waals surface area contributed by atoms with E-state index in [0.29, 0.717) is 6.10 Å². The fraction of sp³-hybridized carbons (Fsp3) is 0.533. The van der Waals surface area contributed by atoms with E-state index in [1.54, 1.807) is 0 Å². The molecule has 0 radical (unpaired) electrons. The van der Waals surface area contributed by atoms with Crippen LogP contribution in [0.25, 0.3) is 0 Å². The van der Waals surface area contributed by atoms with Crippen LogP contribution in [0.1, 0.15) is 36.0 Å². The summed E-state index contributed by atoms with van der Waals surface area (Å²) in [6.45, 7) is 1.85. The van der Waals surface area contributed by atoms with Crippen LogP contribution in [0.15, 0.2) is 24.3 Å². The van der Waals surface area contributed by atoms with Crippen LogP contribution in [-0.2, 0) is 0 Å². The second-order valence-electron chi connectivity index (χ2n) is 5.25. The van der Waals surface area contributed by atoms with Gasteiger partial charge in [0.2, 0.25) is 0 Å². The molecule has 0 spiro atoms. The minimum atomic E-state index is 0.134. The van der Waals surface area contributed by atoms with E-state index < -0.39 is 0 Å². The summed E-state index contributed by atoms with van der Waals surface area (Å²) in [7, 11) is 0. The molecule has 0 aromatic heterocycles. The minimum Gasteiger partial charge on any atom is -0.490 e. The van der Waals surface area contributed by atoms with Crippen LogP contribution >= 0.6 is 0 Å². The highest BCUT2D eigenvalue weighted by molar-refractivity contribution is 5.98. The van der Waals surface area contributed by atoms with Crippen molar-refractivity contribution < 1.29 is 9.53 Å². The Bertz CT molecular complexity index is 434. The molecule has 1 heterocycles. The third kappa shape index (κ3) is 2.72. The summed E-state index contributed by atoms with van der Waals surface area (Å²) < 4.78 is 5.74. The number of rotatable bonds is 4. The van der Waals surface area contributed by atoms with Crippen molar-refractivity contribution in [3.63, 3.8) is 0 Å². The van der Waals surface area contributed by atoms with E-state index in [-0.39, 0.29) is 11.7 Å². The smallest absolute Gasteiger partial charge is 0.167 e. The van der Waals surface area contributed by atoms with Crippen molar-refractivity contribution in [2.45, 2.75) is 31.8 Å². The van der Waals surface area contributed by atoms with E-state index >= 15 is 0 Å². The molecule has 1 aromatic rings. The van der Waals surface area contributed by atoms with Crippen LogP contribution < -0.4 is 10.1 Å². The zero-order chi connectivity index (χ0) is 12.4. The Labute approximate surface area is 108 Å². The van der Waals surface area contributed by atoms with Crippen LogP contribution in [0.3, 0.4) is 0 Å². The zero-order valence-electron chi connectivity index (χ0n) is 10.5. The molecule has 3 nitrogen and oxygen atoms in total. The van der Waals surface area contributed by atoms with Gasteiger partial charge in [0, 0.05) is 18.0 Å². The van der Waals surface area contributed by atoms with E-state index in [1.807, 2.05) is 24.3 Å². The molecule has 1 unspecified atom stereocenters. The fourth-order valence-corrected chi connectivity index (χ4v) is 2.41. The Hall–Kier alpha value is -1.35. The van der Waals surface area contributed by atoms with Gasteiger partial charge in [0.15, 0.2) is 5.78 Å². The number of Topliss-reactive ketones (excluding diaryl/α,β-unsaturated/α-hetero) is 1. The van der Waals surface area contributed by atoms with Gasteiger partial charge < -0.3 is 10.1 Å². The van der Waals surface area contributed by atoms with Gasteiger partial charge in [-0.2, -0.15) is 0 Å². The molecule has 96 valence electrons. The van der Waals surface area contributed by atoms with Crippen LogP contribution in [-0.4, -0.2) is 25.0 Å². The van der Waals surface area contributed by atoms with E-state index in [9.17, 15) is 4.79 Å². The molecule has 3 heteroatoms. The van der Waals surface area contributed by atoms with Crippen molar-refractivity contribution in [1.82, 2.24) is 5.32 Å². The molecule has 2 aliphatic rings. The number of hydrogen-bond donors (Lipinski definition) is 1. The average molecular weight is 245 g/mol. The van der Waals surface area contributed by atoms with Gasteiger partial charge in [0.25, 0.3) is 0 Å². The van der Waals surface area contributed by atoms with Crippen molar-refractivity contribution >= 4 is 5.78 Å². The van der Waals surface area contributed by atoms with E-state index in [4.69, 9.17) is 4.74 Å². The van der Waals surface area contributed by atoms with Crippen LogP contribution in [0.5, 0.6) is 5.75 Å². The second kappa shape index (κ2) is 5.11.